The van der Waals surface area contributed by atoms with E-state index in [0.717, 1.165) is 23.9 Å². The Morgan fingerprint density at radius 2 is 1.83 bits per heavy atom. The van der Waals surface area contributed by atoms with Crippen molar-refractivity contribution in [3.8, 4) is 0 Å². The van der Waals surface area contributed by atoms with Crippen molar-refractivity contribution in [2.45, 2.75) is 58.0 Å². The van der Waals surface area contributed by atoms with Gasteiger partial charge >= 0.3 is 0 Å². The van der Waals surface area contributed by atoms with Gasteiger partial charge in [0.1, 0.15) is 0 Å². The van der Waals surface area contributed by atoms with Crippen LogP contribution in [0.25, 0.3) is 0 Å². The highest BCUT2D eigenvalue weighted by Gasteiger charge is 2.34. The first-order chi connectivity index (χ1) is 5.77. The Kier molecular flexibility index (Phi) is 2.40. The summed E-state index contributed by atoms with van der Waals surface area (Å²) in [6, 6.07) is 1.62. The van der Waals surface area contributed by atoms with Crippen LogP contribution >= 0.6 is 0 Å². The smallest absolute Gasteiger partial charge is 0.0123 e. The lowest BCUT2D eigenvalue weighted by Crippen LogP contribution is -2.51. The molecule has 1 nitrogen and oxygen atoms in total. The van der Waals surface area contributed by atoms with Gasteiger partial charge in [-0.05, 0) is 44.4 Å². The van der Waals surface area contributed by atoms with Crippen LogP contribution in [0, 0.1) is 11.8 Å². The van der Waals surface area contributed by atoms with E-state index in [1.54, 1.807) is 0 Å². The minimum Gasteiger partial charge on any atom is -0.311 e. The molecule has 0 aromatic rings. The highest BCUT2D eigenvalue weighted by Crippen LogP contribution is 2.35. The molecule has 0 bridgehead atoms. The number of fused-ring (bicyclic) bond motifs is 1. The molecule has 0 amide bonds. The Balaban J connectivity index is 2.00. The maximum atomic E-state index is 3.77. The monoisotopic (exact) mass is 167 g/mol. The summed E-state index contributed by atoms with van der Waals surface area (Å²) in [7, 11) is 0. The molecular formula is C11H21N. The second-order valence-corrected chi connectivity index (χ2v) is 4.84. The molecule has 4 atom stereocenters. The summed E-state index contributed by atoms with van der Waals surface area (Å²) >= 11 is 0. The third-order valence-corrected chi connectivity index (χ3v) is 3.80. The zero-order chi connectivity index (χ0) is 8.55. The summed E-state index contributed by atoms with van der Waals surface area (Å²) in [6.45, 7) is 4.75. The topological polar surface area (TPSA) is 12.0 Å². The molecule has 2 fully saturated rings. The van der Waals surface area contributed by atoms with Crippen LogP contribution in [0.1, 0.15) is 46.0 Å². The van der Waals surface area contributed by atoms with Crippen LogP contribution in [0.5, 0.6) is 0 Å². The predicted molar refractivity (Wildman–Crippen MR) is 52.1 cm³/mol. The molecule has 12 heavy (non-hydrogen) atoms. The molecule has 1 heterocycles. The number of nitrogens with one attached hydrogen (secondary N) is 1. The maximum absolute atomic E-state index is 3.77. The molecule has 2 aliphatic rings. The van der Waals surface area contributed by atoms with Crippen molar-refractivity contribution in [3.05, 3.63) is 0 Å². The molecule has 1 saturated carbocycles. The van der Waals surface area contributed by atoms with E-state index in [9.17, 15) is 0 Å². The Hall–Kier alpha value is -0.0400. The number of hydrogen-bond acceptors (Lipinski definition) is 1. The van der Waals surface area contributed by atoms with Crippen LogP contribution < -0.4 is 5.32 Å². The fourth-order valence-corrected chi connectivity index (χ4v) is 3.03. The summed E-state index contributed by atoms with van der Waals surface area (Å²) in [4.78, 5) is 0. The van der Waals surface area contributed by atoms with Gasteiger partial charge in [-0.3, -0.25) is 0 Å². The molecule has 0 aromatic carbocycles. The van der Waals surface area contributed by atoms with Gasteiger partial charge in [-0.1, -0.05) is 13.3 Å². The Bertz CT molecular complexity index is 155. The van der Waals surface area contributed by atoms with Crippen LogP contribution in [0.3, 0.4) is 0 Å². The normalized spacial score (nSPS) is 48.5. The van der Waals surface area contributed by atoms with E-state index in [1.165, 1.54) is 32.1 Å². The van der Waals surface area contributed by atoms with Crippen LogP contribution in [0.2, 0.25) is 0 Å². The quantitative estimate of drug-likeness (QED) is 0.584. The van der Waals surface area contributed by atoms with Crippen molar-refractivity contribution in [2.75, 3.05) is 0 Å². The Labute approximate surface area is 75.9 Å². The molecule has 0 radical (unpaired) electrons. The molecule has 0 aromatic heterocycles. The number of rotatable bonds is 0. The largest absolute Gasteiger partial charge is 0.311 e. The van der Waals surface area contributed by atoms with Gasteiger partial charge in [-0.25, -0.2) is 0 Å². The second kappa shape index (κ2) is 3.37. The molecule has 1 aliphatic heterocycles. The average molecular weight is 167 g/mol. The van der Waals surface area contributed by atoms with Crippen molar-refractivity contribution in [3.63, 3.8) is 0 Å². The maximum Gasteiger partial charge on any atom is 0.0123 e. The van der Waals surface area contributed by atoms with Crippen molar-refractivity contribution in [2.24, 2.45) is 11.8 Å². The van der Waals surface area contributed by atoms with E-state index >= 15 is 0 Å². The minimum atomic E-state index is 0.770. The molecular weight excluding hydrogens is 146 g/mol. The van der Waals surface area contributed by atoms with E-state index in [4.69, 9.17) is 0 Å². The molecule has 1 heteroatoms. The molecule has 1 saturated heterocycles. The first-order valence-corrected chi connectivity index (χ1v) is 5.53. The van der Waals surface area contributed by atoms with E-state index in [2.05, 4.69) is 19.2 Å². The van der Waals surface area contributed by atoms with Gasteiger partial charge in [0.05, 0.1) is 0 Å². The van der Waals surface area contributed by atoms with Gasteiger partial charge in [0.15, 0.2) is 0 Å². The van der Waals surface area contributed by atoms with Crippen molar-refractivity contribution >= 4 is 0 Å². The molecule has 0 spiro atoms. The van der Waals surface area contributed by atoms with Gasteiger partial charge in [0.2, 0.25) is 0 Å². The van der Waals surface area contributed by atoms with Gasteiger partial charge in [-0.15, -0.1) is 0 Å². The van der Waals surface area contributed by atoms with Crippen molar-refractivity contribution < 1.29 is 0 Å². The molecule has 1 aliphatic carbocycles. The van der Waals surface area contributed by atoms with Gasteiger partial charge in [0, 0.05) is 12.1 Å². The lowest BCUT2D eigenvalue weighted by Gasteiger charge is -2.43. The summed E-state index contributed by atoms with van der Waals surface area (Å²) in [6.07, 6.45) is 7.27. The fourth-order valence-electron chi connectivity index (χ4n) is 3.03. The molecule has 0 unspecified atom stereocenters. The van der Waals surface area contributed by atoms with Crippen molar-refractivity contribution in [1.82, 2.24) is 5.32 Å². The van der Waals surface area contributed by atoms with E-state index in [0.29, 0.717) is 0 Å². The summed E-state index contributed by atoms with van der Waals surface area (Å²) in [5.41, 5.74) is 0. The first-order valence-electron chi connectivity index (χ1n) is 5.53. The Morgan fingerprint density at radius 1 is 1.00 bits per heavy atom. The van der Waals surface area contributed by atoms with E-state index in [-0.39, 0.29) is 0 Å². The lowest BCUT2D eigenvalue weighted by molar-refractivity contribution is 0.134. The van der Waals surface area contributed by atoms with Crippen LogP contribution in [-0.2, 0) is 0 Å². The van der Waals surface area contributed by atoms with Crippen LogP contribution in [0.4, 0.5) is 0 Å². The summed E-state index contributed by atoms with van der Waals surface area (Å²) in [5, 5.41) is 3.77. The average Bonchev–Trinajstić information content (AvgIpc) is 2.07. The third kappa shape index (κ3) is 1.52. The lowest BCUT2D eigenvalue weighted by atomic mass is 9.73. The Morgan fingerprint density at radius 3 is 2.67 bits per heavy atom. The van der Waals surface area contributed by atoms with Crippen molar-refractivity contribution in [1.29, 1.82) is 0 Å². The van der Waals surface area contributed by atoms with E-state index < -0.39 is 0 Å². The first kappa shape index (κ1) is 8.55. The van der Waals surface area contributed by atoms with Gasteiger partial charge in [0.25, 0.3) is 0 Å². The molecule has 70 valence electrons. The predicted octanol–water partition coefficient (Wildman–Crippen LogP) is 2.56. The molecule has 1 N–H and O–H groups in total. The zero-order valence-corrected chi connectivity index (χ0v) is 8.34. The third-order valence-electron chi connectivity index (χ3n) is 3.80. The fraction of sp³-hybridized carbons (Fsp3) is 1.00. The number of hydrogen-bond donors (Lipinski definition) is 1. The second-order valence-electron chi connectivity index (χ2n) is 4.84. The SMILES string of the molecule is C[C@@H]1CCC[C@@H]2CC[C@H](C)N[C@@H]21. The highest BCUT2D eigenvalue weighted by atomic mass is 15.0. The number of piperidine rings is 1. The minimum absolute atomic E-state index is 0.770. The van der Waals surface area contributed by atoms with Gasteiger partial charge in [-0.2, -0.15) is 0 Å². The van der Waals surface area contributed by atoms with Crippen LogP contribution in [-0.4, -0.2) is 12.1 Å². The zero-order valence-electron chi connectivity index (χ0n) is 8.34. The molecule has 2 rings (SSSR count). The van der Waals surface area contributed by atoms with E-state index in [1.807, 2.05) is 0 Å². The highest BCUT2D eigenvalue weighted by molar-refractivity contribution is 4.90. The van der Waals surface area contributed by atoms with Gasteiger partial charge < -0.3 is 5.32 Å². The van der Waals surface area contributed by atoms with Crippen LogP contribution in [0.15, 0.2) is 0 Å². The summed E-state index contributed by atoms with van der Waals surface area (Å²) < 4.78 is 0. The summed E-state index contributed by atoms with van der Waals surface area (Å²) in [5.74, 6) is 1.93. The standard InChI is InChI=1S/C11H21N/c1-8-4-3-5-10-7-6-9(2)12-11(8)10/h8-12H,3-7H2,1-2H3/t8-,9+,10-,11-/m1/s1.